The summed E-state index contributed by atoms with van der Waals surface area (Å²) in [6, 6.07) is 0. The van der Waals surface area contributed by atoms with E-state index in [9.17, 15) is 19.2 Å². The molecule has 10 heteroatoms. The van der Waals surface area contributed by atoms with Gasteiger partial charge < -0.3 is 0 Å². The summed E-state index contributed by atoms with van der Waals surface area (Å²) in [7, 11) is 1.76. The van der Waals surface area contributed by atoms with Crippen LogP contribution >= 0.6 is 44.9 Å². The number of carbonyl (C=O) groups is 4. The molecule has 2 aliphatic rings. The van der Waals surface area contributed by atoms with Gasteiger partial charge in [0.1, 0.15) is 0 Å². The molecule has 2 heterocycles. The van der Waals surface area contributed by atoms with Crippen molar-refractivity contribution in [2.24, 2.45) is 0 Å². The summed E-state index contributed by atoms with van der Waals surface area (Å²) in [6.07, 6.45) is 4.34. The Morgan fingerprint density at radius 2 is 1.20 bits per heavy atom. The zero-order chi connectivity index (χ0) is 14.9. The third-order valence-corrected chi connectivity index (χ3v) is 5.50. The van der Waals surface area contributed by atoms with Crippen LogP contribution in [0, 0.1) is 0 Å². The zero-order valence-corrected chi connectivity index (χ0v) is 13.2. The fraction of sp³-hybridized carbons (Fsp3) is 0.200. The first kappa shape index (κ1) is 15.5. The average Bonchev–Trinajstić information content (AvgIpc) is 2.92. The normalized spacial score (nSPS) is 18.9. The minimum Gasteiger partial charge on any atom is -0.269 e. The number of imide groups is 2. The highest BCUT2D eigenvalue weighted by atomic mass is 33.1. The van der Waals surface area contributed by atoms with Crippen molar-refractivity contribution in [1.29, 1.82) is 0 Å². The van der Waals surface area contributed by atoms with Crippen molar-refractivity contribution in [3.63, 3.8) is 0 Å². The fourth-order valence-electron chi connectivity index (χ4n) is 1.91. The van der Waals surface area contributed by atoms with Crippen LogP contribution < -0.4 is 0 Å². The molecule has 0 radical (unpaired) electrons. The fourth-order valence-corrected chi connectivity index (χ4v) is 5.01. The molecule has 106 valence electrons. The maximum Gasteiger partial charge on any atom is 0.256 e. The SMILES string of the molecule is O=C1C=CC(=O)N1C(CSS)(SS)N1C(=O)C=CC1=O. The lowest BCUT2D eigenvalue weighted by atomic mass is 10.3. The molecule has 2 aliphatic heterocycles. The van der Waals surface area contributed by atoms with E-state index >= 15 is 0 Å². The molecule has 2 rings (SSSR count). The Morgan fingerprint density at radius 1 is 0.850 bits per heavy atom. The molecule has 0 bridgehead atoms. The monoisotopic (exact) mass is 348 g/mol. The molecule has 6 nitrogen and oxygen atoms in total. The second kappa shape index (κ2) is 5.88. The van der Waals surface area contributed by atoms with Crippen LogP contribution in [0.4, 0.5) is 0 Å². The lowest BCUT2D eigenvalue weighted by Gasteiger charge is -2.42. The van der Waals surface area contributed by atoms with Gasteiger partial charge in [-0.1, -0.05) is 10.8 Å². The quantitative estimate of drug-likeness (QED) is 0.432. The van der Waals surface area contributed by atoms with Crippen molar-refractivity contribution in [3.05, 3.63) is 24.3 Å². The molecule has 0 aliphatic carbocycles. The van der Waals surface area contributed by atoms with E-state index < -0.39 is 28.6 Å². The summed E-state index contributed by atoms with van der Waals surface area (Å²) < 4.78 is 0. The number of carbonyl (C=O) groups excluding carboxylic acids is 4. The van der Waals surface area contributed by atoms with Gasteiger partial charge in [-0.3, -0.25) is 19.2 Å². The zero-order valence-electron chi connectivity index (χ0n) is 9.75. The van der Waals surface area contributed by atoms with E-state index in [1.165, 1.54) is 0 Å². The maximum atomic E-state index is 11.9. The highest BCUT2D eigenvalue weighted by Crippen LogP contribution is 2.42. The number of hydrogen-bond donors (Lipinski definition) is 2. The second-order valence-corrected chi connectivity index (χ2v) is 6.50. The minimum absolute atomic E-state index is 0.0304. The van der Waals surface area contributed by atoms with Gasteiger partial charge in [-0.2, -0.15) is 0 Å². The number of amides is 4. The summed E-state index contributed by atoms with van der Waals surface area (Å²) in [5.74, 6) is -2.39. The van der Waals surface area contributed by atoms with E-state index in [-0.39, 0.29) is 5.75 Å². The van der Waals surface area contributed by atoms with Gasteiger partial charge >= 0.3 is 0 Å². The van der Waals surface area contributed by atoms with Crippen molar-refractivity contribution >= 4 is 68.5 Å². The first-order valence-corrected chi connectivity index (χ1v) is 9.10. The summed E-state index contributed by atoms with van der Waals surface area (Å²) in [4.78, 5) is 47.7. The van der Waals surface area contributed by atoms with Gasteiger partial charge in [0, 0.05) is 24.3 Å². The first-order valence-electron chi connectivity index (χ1n) is 5.19. The van der Waals surface area contributed by atoms with Crippen LogP contribution in [-0.2, 0) is 19.2 Å². The number of rotatable bonds is 5. The Morgan fingerprint density at radius 3 is 1.45 bits per heavy atom. The van der Waals surface area contributed by atoms with Crippen molar-refractivity contribution in [2.75, 3.05) is 5.75 Å². The smallest absolute Gasteiger partial charge is 0.256 e. The third kappa shape index (κ3) is 2.30. The van der Waals surface area contributed by atoms with Gasteiger partial charge in [0.25, 0.3) is 23.6 Å². The second-order valence-electron chi connectivity index (χ2n) is 3.80. The highest BCUT2D eigenvalue weighted by molar-refractivity contribution is 8.70. The predicted molar refractivity (Wildman–Crippen MR) is 82.7 cm³/mol. The van der Waals surface area contributed by atoms with Crippen molar-refractivity contribution in [3.8, 4) is 0 Å². The minimum atomic E-state index is -1.55. The van der Waals surface area contributed by atoms with E-state index in [2.05, 4.69) is 23.3 Å². The largest absolute Gasteiger partial charge is 0.269 e. The van der Waals surface area contributed by atoms with Gasteiger partial charge in [-0.05, 0) is 10.8 Å². The van der Waals surface area contributed by atoms with E-state index in [0.29, 0.717) is 0 Å². The van der Waals surface area contributed by atoms with Crippen LogP contribution in [-0.4, -0.2) is 44.2 Å². The van der Waals surface area contributed by atoms with Crippen LogP contribution in [0.3, 0.4) is 0 Å². The molecular weight excluding hydrogens is 340 g/mol. The van der Waals surface area contributed by atoms with Gasteiger partial charge in [-0.15, -0.1) is 23.3 Å². The molecule has 0 unspecified atom stereocenters. The molecule has 20 heavy (non-hydrogen) atoms. The highest BCUT2D eigenvalue weighted by Gasteiger charge is 2.53. The summed E-state index contributed by atoms with van der Waals surface area (Å²) in [5.41, 5.74) is 0. The standard InChI is InChI=1S/C10H8N2O4S4/c13-6-1-2-7(14)11(6)10(20-18,5-19-17)12-8(15)3-4-9(12)16/h1-4,17-18H,5H2. The summed E-state index contributed by atoms with van der Waals surface area (Å²) >= 11 is 8.07. The molecule has 0 aromatic carbocycles. The van der Waals surface area contributed by atoms with Crippen molar-refractivity contribution in [2.45, 2.75) is 4.99 Å². The molecule has 4 amide bonds. The molecule has 0 aromatic heterocycles. The van der Waals surface area contributed by atoms with E-state index in [1.54, 1.807) is 0 Å². The average molecular weight is 348 g/mol. The summed E-state index contributed by atoms with van der Waals surface area (Å²) in [6.45, 7) is 0. The molecule has 0 saturated heterocycles. The first-order chi connectivity index (χ1) is 9.47. The molecule has 0 aromatic rings. The van der Waals surface area contributed by atoms with Gasteiger partial charge in [0.2, 0.25) is 4.99 Å². The lowest BCUT2D eigenvalue weighted by molar-refractivity contribution is -0.153. The maximum absolute atomic E-state index is 11.9. The molecule has 0 N–H and O–H groups in total. The van der Waals surface area contributed by atoms with E-state index in [1.807, 2.05) is 0 Å². The van der Waals surface area contributed by atoms with Crippen LogP contribution in [0.15, 0.2) is 24.3 Å². The topological polar surface area (TPSA) is 74.8 Å². The molecule has 0 spiro atoms. The van der Waals surface area contributed by atoms with E-state index in [4.69, 9.17) is 0 Å². The Labute approximate surface area is 132 Å². The lowest BCUT2D eigenvalue weighted by Crippen LogP contribution is -2.63. The number of thiol groups is 2. The molecule has 0 fully saturated rings. The van der Waals surface area contributed by atoms with Gasteiger partial charge in [0.05, 0.1) is 5.75 Å². The van der Waals surface area contributed by atoms with E-state index in [0.717, 1.165) is 55.7 Å². The van der Waals surface area contributed by atoms with Crippen LogP contribution in [0.5, 0.6) is 0 Å². The number of hydrogen-bond acceptors (Lipinski definition) is 8. The Balaban J connectivity index is 2.51. The van der Waals surface area contributed by atoms with Crippen molar-refractivity contribution in [1.82, 2.24) is 9.80 Å². The molecule has 0 atom stereocenters. The Hall–Kier alpha value is -0.840. The van der Waals surface area contributed by atoms with Gasteiger partial charge in [0.15, 0.2) is 0 Å². The van der Waals surface area contributed by atoms with Gasteiger partial charge in [-0.25, -0.2) is 9.80 Å². The van der Waals surface area contributed by atoms with Crippen LogP contribution in [0.25, 0.3) is 0 Å². The van der Waals surface area contributed by atoms with Crippen LogP contribution in [0.1, 0.15) is 0 Å². The third-order valence-electron chi connectivity index (χ3n) is 2.72. The van der Waals surface area contributed by atoms with Crippen molar-refractivity contribution < 1.29 is 19.2 Å². The Kier molecular flexibility index (Phi) is 4.57. The molecule has 0 saturated carbocycles. The predicted octanol–water partition coefficient (Wildman–Crippen LogP) is 0.646. The van der Waals surface area contributed by atoms with Crippen LogP contribution in [0.2, 0.25) is 0 Å². The number of nitrogens with zero attached hydrogens (tertiary/aromatic N) is 2. The Bertz CT molecular complexity index is 481. The summed E-state index contributed by atoms with van der Waals surface area (Å²) in [5, 5.41) is 0. The molecular formula is C10H8N2O4S4.